The average molecular weight is 156 g/mol. The van der Waals surface area contributed by atoms with Crippen molar-refractivity contribution >= 4 is 5.78 Å². The highest BCUT2D eigenvalue weighted by atomic mass is 16.2. The van der Waals surface area contributed by atoms with Gasteiger partial charge in [0.1, 0.15) is 0 Å². The zero-order chi connectivity index (χ0) is 8.53. The summed E-state index contributed by atoms with van der Waals surface area (Å²) in [4.78, 5) is 10.8. The van der Waals surface area contributed by atoms with Gasteiger partial charge in [0.2, 0.25) is 0 Å². The molecule has 0 saturated carbocycles. The minimum absolute atomic E-state index is 0.0172. The zero-order valence-corrected chi connectivity index (χ0v) is 7.05. The first-order valence-electron chi connectivity index (χ1n) is 4.14. The molecule has 0 amide bonds. The van der Waals surface area contributed by atoms with Gasteiger partial charge in [-0.3, -0.25) is 4.79 Å². The van der Waals surface area contributed by atoms with E-state index in [4.69, 9.17) is 5.11 Å². The molecule has 0 unspecified atom stereocenters. The first-order valence-corrected chi connectivity index (χ1v) is 4.14. The molecule has 0 saturated heterocycles. The summed E-state index contributed by atoms with van der Waals surface area (Å²) < 4.78 is 0. The third-order valence-corrected chi connectivity index (χ3v) is 1.54. The Bertz CT molecular complexity index is 128. The van der Waals surface area contributed by atoms with E-state index in [0.717, 1.165) is 19.1 Å². The van der Waals surface area contributed by atoms with Crippen molar-refractivity contribution in [3.63, 3.8) is 0 Å². The maximum absolute atomic E-state index is 10.8. The van der Waals surface area contributed by atoms with Crippen LogP contribution >= 0.6 is 0 Å². The highest BCUT2D eigenvalue weighted by molar-refractivity contribution is 5.89. The number of allylic oxidation sites excluding steroid dienone is 1. The van der Waals surface area contributed by atoms with E-state index >= 15 is 0 Å². The van der Waals surface area contributed by atoms with Crippen molar-refractivity contribution in [1.82, 2.24) is 0 Å². The van der Waals surface area contributed by atoms with Crippen LogP contribution in [0.2, 0.25) is 0 Å². The zero-order valence-electron chi connectivity index (χ0n) is 7.05. The summed E-state index contributed by atoms with van der Waals surface area (Å²) in [6.07, 6.45) is 7.02. The lowest BCUT2D eigenvalue weighted by molar-refractivity contribution is -0.114. The number of ketones is 1. The first kappa shape index (κ1) is 10.2. The predicted octanol–water partition coefficient (Wildman–Crippen LogP) is 2.60. The lowest BCUT2D eigenvalue weighted by Gasteiger charge is -1.94. The number of rotatable bonds is 6. The van der Waals surface area contributed by atoms with E-state index in [1.165, 1.54) is 18.9 Å². The van der Waals surface area contributed by atoms with Gasteiger partial charge in [0.15, 0.2) is 5.78 Å². The van der Waals surface area contributed by atoms with Crippen LogP contribution in [-0.2, 0) is 4.79 Å². The van der Waals surface area contributed by atoms with Crippen LogP contribution in [0.3, 0.4) is 0 Å². The molecule has 0 radical (unpaired) electrons. The van der Waals surface area contributed by atoms with Gasteiger partial charge in [0, 0.05) is 12.5 Å². The number of carbonyl (C=O) groups is 1. The Kier molecular flexibility index (Phi) is 6.79. The fourth-order valence-electron chi connectivity index (χ4n) is 0.892. The van der Waals surface area contributed by atoms with Crippen LogP contribution in [0.1, 0.15) is 39.0 Å². The topological polar surface area (TPSA) is 37.3 Å². The van der Waals surface area contributed by atoms with Crippen molar-refractivity contribution in [3.05, 3.63) is 12.3 Å². The molecule has 0 aromatic carbocycles. The molecule has 0 spiro atoms. The second kappa shape index (κ2) is 7.32. The number of unbranched alkanes of at least 4 members (excludes halogenated alkanes) is 3. The van der Waals surface area contributed by atoms with Gasteiger partial charge >= 0.3 is 0 Å². The predicted molar refractivity (Wildman–Crippen MR) is 45.5 cm³/mol. The van der Waals surface area contributed by atoms with Crippen molar-refractivity contribution in [2.24, 2.45) is 0 Å². The van der Waals surface area contributed by atoms with E-state index in [1.54, 1.807) is 0 Å². The maximum Gasteiger partial charge on any atom is 0.158 e. The van der Waals surface area contributed by atoms with E-state index < -0.39 is 0 Å². The fraction of sp³-hybridized carbons (Fsp3) is 0.667. The van der Waals surface area contributed by atoms with Gasteiger partial charge in [-0.2, -0.15) is 0 Å². The normalized spacial score (nSPS) is 10.6. The first-order chi connectivity index (χ1) is 5.31. The second-order valence-corrected chi connectivity index (χ2v) is 2.59. The molecule has 0 heterocycles. The molecule has 0 aliphatic rings. The molecule has 1 N–H and O–H groups in total. The molecule has 11 heavy (non-hydrogen) atoms. The highest BCUT2D eigenvalue weighted by Gasteiger charge is 1.95. The summed E-state index contributed by atoms with van der Waals surface area (Å²) in [5.74, 6) is 0.0172. The molecular weight excluding hydrogens is 140 g/mol. The number of aliphatic hydroxyl groups excluding tert-OH is 1. The fourth-order valence-corrected chi connectivity index (χ4v) is 0.892. The molecule has 2 nitrogen and oxygen atoms in total. The Balaban J connectivity index is 3.17. The monoisotopic (exact) mass is 156 g/mol. The largest absolute Gasteiger partial charge is 0.515 e. The van der Waals surface area contributed by atoms with Crippen LogP contribution in [0.5, 0.6) is 0 Å². The van der Waals surface area contributed by atoms with Crippen molar-refractivity contribution in [3.8, 4) is 0 Å². The van der Waals surface area contributed by atoms with Crippen LogP contribution in [0, 0.1) is 0 Å². The Morgan fingerprint density at radius 3 is 2.64 bits per heavy atom. The summed E-state index contributed by atoms with van der Waals surface area (Å²) >= 11 is 0. The Hall–Kier alpha value is -0.790. The molecule has 0 aromatic rings. The van der Waals surface area contributed by atoms with Crippen LogP contribution in [0.15, 0.2) is 12.3 Å². The van der Waals surface area contributed by atoms with Gasteiger partial charge in [0.05, 0.1) is 6.26 Å². The molecule has 0 atom stereocenters. The van der Waals surface area contributed by atoms with Crippen LogP contribution in [0.25, 0.3) is 0 Å². The van der Waals surface area contributed by atoms with E-state index in [-0.39, 0.29) is 5.78 Å². The third kappa shape index (κ3) is 7.10. The lowest BCUT2D eigenvalue weighted by Crippen LogP contribution is -1.91. The third-order valence-electron chi connectivity index (χ3n) is 1.54. The summed E-state index contributed by atoms with van der Waals surface area (Å²) in [5, 5.41) is 8.24. The van der Waals surface area contributed by atoms with Crippen molar-refractivity contribution in [2.45, 2.75) is 39.0 Å². The smallest absolute Gasteiger partial charge is 0.158 e. The van der Waals surface area contributed by atoms with E-state index in [1.807, 2.05) is 0 Å². The van der Waals surface area contributed by atoms with Crippen LogP contribution < -0.4 is 0 Å². The maximum atomic E-state index is 10.8. The Labute approximate surface area is 67.9 Å². The molecule has 64 valence electrons. The average Bonchev–Trinajstić information content (AvgIpc) is 1.99. The summed E-state index contributed by atoms with van der Waals surface area (Å²) in [5.41, 5.74) is 0. The molecule has 0 aromatic heterocycles. The lowest BCUT2D eigenvalue weighted by atomic mass is 10.1. The molecule has 0 aliphatic carbocycles. The number of aliphatic hydroxyl groups is 1. The van der Waals surface area contributed by atoms with Gasteiger partial charge in [-0.25, -0.2) is 0 Å². The van der Waals surface area contributed by atoms with E-state index in [0.29, 0.717) is 6.42 Å². The summed E-state index contributed by atoms with van der Waals surface area (Å²) in [6, 6.07) is 0. The highest BCUT2D eigenvalue weighted by Crippen LogP contribution is 2.02. The SMILES string of the molecule is CCCCCCC(=O)C=CO. The van der Waals surface area contributed by atoms with Gasteiger partial charge in [0.25, 0.3) is 0 Å². The Morgan fingerprint density at radius 1 is 1.36 bits per heavy atom. The van der Waals surface area contributed by atoms with Gasteiger partial charge < -0.3 is 5.11 Å². The minimum atomic E-state index is 0.0172. The number of hydrogen-bond donors (Lipinski definition) is 1. The van der Waals surface area contributed by atoms with E-state index in [9.17, 15) is 4.79 Å². The van der Waals surface area contributed by atoms with Crippen molar-refractivity contribution in [1.29, 1.82) is 0 Å². The van der Waals surface area contributed by atoms with Crippen molar-refractivity contribution < 1.29 is 9.90 Å². The summed E-state index contributed by atoms with van der Waals surface area (Å²) in [7, 11) is 0. The standard InChI is InChI=1S/C9H16O2/c1-2-3-4-5-6-9(11)7-8-10/h7-8,10H,2-6H2,1H3. The number of hydrogen-bond acceptors (Lipinski definition) is 2. The molecule has 0 aliphatic heterocycles. The van der Waals surface area contributed by atoms with Crippen LogP contribution in [-0.4, -0.2) is 10.9 Å². The number of carbonyl (C=O) groups excluding carboxylic acids is 1. The minimum Gasteiger partial charge on any atom is -0.515 e. The van der Waals surface area contributed by atoms with E-state index in [2.05, 4.69) is 6.92 Å². The molecule has 2 heteroatoms. The van der Waals surface area contributed by atoms with Gasteiger partial charge in [-0.05, 0) is 6.42 Å². The summed E-state index contributed by atoms with van der Waals surface area (Å²) in [6.45, 7) is 2.13. The quantitative estimate of drug-likeness (QED) is 0.364. The molecule has 0 fully saturated rings. The van der Waals surface area contributed by atoms with Crippen molar-refractivity contribution in [2.75, 3.05) is 0 Å². The Morgan fingerprint density at radius 2 is 2.09 bits per heavy atom. The molecular formula is C9H16O2. The molecule has 0 bridgehead atoms. The van der Waals surface area contributed by atoms with Gasteiger partial charge in [-0.1, -0.05) is 26.2 Å². The second-order valence-electron chi connectivity index (χ2n) is 2.59. The molecule has 0 rings (SSSR count). The van der Waals surface area contributed by atoms with Gasteiger partial charge in [-0.15, -0.1) is 0 Å². The van der Waals surface area contributed by atoms with Crippen LogP contribution in [0.4, 0.5) is 0 Å².